The summed E-state index contributed by atoms with van der Waals surface area (Å²) in [5.41, 5.74) is 5.84. The highest BCUT2D eigenvalue weighted by molar-refractivity contribution is 5.98. The normalized spacial score (nSPS) is 16.3. The van der Waals surface area contributed by atoms with Gasteiger partial charge >= 0.3 is 6.03 Å². The van der Waals surface area contributed by atoms with Crippen LogP contribution in [0.4, 0.5) is 10.5 Å². The highest BCUT2D eigenvalue weighted by Crippen LogP contribution is 2.09. The molecule has 0 radical (unpaired) electrons. The lowest BCUT2D eigenvalue weighted by atomic mass is 10.1. The predicted molar refractivity (Wildman–Crippen MR) is 88.7 cm³/mol. The molecule has 0 spiro atoms. The summed E-state index contributed by atoms with van der Waals surface area (Å²) in [6.45, 7) is 3.15. The van der Waals surface area contributed by atoms with Gasteiger partial charge in [-0.25, -0.2) is 4.79 Å². The maximum absolute atomic E-state index is 11.8. The van der Waals surface area contributed by atoms with Crippen LogP contribution in [0.1, 0.15) is 11.1 Å². The summed E-state index contributed by atoms with van der Waals surface area (Å²) >= 11 is 0. The van der Waals surface area contributed by atoms with Crippen molar-refractivity contribution >= 4 is 17.6 Å². The second-order valence-electron chi connectivity index (χ2n) is 5.34. The number of amides is 2. The second-order valence-corrected chi connectivity index (χ2v) is 5.34. The van der Waals surface area contributed by atoms with E-state index in [0.717, 1.165) is 5.56 Å². The van der Waals surface area contributed by atoms with Gasteiger partial charge in [0.2, 0.25) is 5.90 Å². The molecular weight excluding hydrogens is 292 g/mol. The fourth-order valence-corrected chi connectivity index (χ4v) is 2.19. The maximum Gasteiger partial charge on any atom is 0.348 e. The minimum atomic E-state index is -0.454. The fourth-order valence-electron chi connectivity index (χ4n) is 2.19. The number of hydrogen-bond acceptors (Lipinski definition) is 4. The molecule has 1 aliphatic rings. The summed E-state index contributed by atoms with van der Waals surface area (Å²) in [6, 6.07) is 17.0. The van der Waals surface area contributed by atoms with Gasteiger partial charge in [0.15, 0.2) is 0 Å². The molecule has 1 fully saturated rings. The molecule has 1 aliphatic heterocycles. The topological polar surface area (TPSA) is 66.0 Å². The number of nitrogens with one attached hydrogen (secondary N) is 2. The van der Waals surface area contributed by atoms with E-state index < -0.39 is 6.03 Å². The Bertz CT molecular complexity index is 698. The number of benzene rings is 2. The first-order valence-corrected chi connectivity index (χ1v) is 7.35. The van der Waals surface area contributed by atoms with Crippen LogP contribution in [-0.4, -0.2) is 23.5 Å². The molecule has 2 aromatic carbocycles. The lowest BCUT2D eigenvalue weighted by Gasteiger charge is -2.11. The Morgan fingerprint density at radius 3 is 2.70 bits per heavy atom. The highest BCUT2D eigenvalue weighted by atomic mass is 16.7. The number of para-hydroxylation sites is 1. The monoisotopic (exact) mass is 310 g/mol. The Hall–Kier alpha value is -2.70. The van der Waals surface area contributed by atoms with E-state index in [1.165, 1.54) is 5.56 Å². The van der Waals surface area contributed by atoms with E-state index in [0.29, 0.717) is 24.7 Å². The van der Waals surface area contributed by atoms with Crippen molar-refractivity contribution in [3.8, 4) is 0 Å². The number of nitrogens with zero attached hydrogens (tertiary/aromatic N) is 2. The van der Waals surface area contributed by atoms with Crippen LogP contribution >= 0.6 is 0 Å². The molecule has 0 unspecified atom stereocenters. The number of hydrogen-bond donors (Lipinski definition) is 2. The lowest BCUT2D eigenvalue weighted by molar-refractivity contribution is 0.0497. The van der Waals surface area contributed by atoms with E-state index in [9.17, 15) is 4.79 Å². The van der Waals surface area contributed by atoms with E-state index >= 15 is 0 Å². The Labute approximate surface area is 134 Å². The quantitative estimate of drug-likeness (QED) is 0.915. The molecule has 1 heterocycles. The number of aliphatic imine (C=N–C) groups is 1. The van der Waals surface area contributed by atoms with Gasteiger partial charge in [-0.1, -0.05) is 53.6 Å². The van der Waals surface area contributed by atoms with Crippen molar-refractivity contribution in [2.75, 3.05) is 11.9 Å². The minimum absolute atomic E-state index is 0.338. The van der Waals surface area contributed by atoms with Gasteiger partial charge < -0.3 is 10.2 Å². The third-order valence-electron chi connectivity index (χ3n) is 3.36. The SMILES string of the molecule is Cc1ccc(CN2CC(=NC(=O)Nc3ccccc3)ON2)cc1. The Morgan fingerprint density at radius 1 is 1.22 bits per heavy atom. The van der Waals surface area contributed by atoms with Gasteiger partial charge in [-0.15, -0.1) is 0 Å². The summed E-state index contributed by atoms with van der Waals surface area (Å²) in [5, 5.41) is 4.53. The molecule has 0 aromatic heterocycles. The highest BCUT2D eigenvalue weighted by Gasteiger charge is 2.20. The number of aryl methyl sites for hydroxylation is 1. The number of carbonyl (C=O) groups is 1. The van der Waals surface area contributed by atoms with Crippen molar-refractivity contribution in [3.63, 3.8) is 0 Å². The largest absolute Gasteiger partial charge is 0.376 e. The molecule has 0 saturated carbocycles. The van der Waals surface area contributed by atoms with Crippen LogP contribution in [0.3, 0.4) is 0 Å². The van der Waals surface area contributed by atoms with Crippen LogP contribution < -0.4 is 10.9 Å². The zero-order chi connectivity index (χ0) is 16.1. The lowest BCUT2D eigenvalue weighted by Crippen LogP contribution is -2.29. The van der Waals surface area contributed by atoms with Crippen molar-refractivity contribution in [1.29, 1.82) is 0 Å². The zero-order valence-corrected chi connectivity index (χ0v) is 12.8. The van der Waals surface area contributed by atoms with Crippen molar-refractivity contribution in [2.45, 2.75) is 13.5 Å². The summed E-state index contributed by atoms with van der Waals surface area (Å²) < 4.78 is 0. The van der Waals surface area contributed by atoms with E-state index in [4.69, 9.17) is 4.84 Å². The standard InChI is InChI=1S/C17H18N4O2/c1-13-7-9-14(10-8-13)11-21-12-16(23-20-21)19-17(22)18-15-5-3-2-4-6-15/h2-10,20H,11-12H2,1H3,(H,18,22). The fraction of sp³-hybridized carbons (Fsp3) is 0.176. The molecule has 2 aromatic rings. The summed E-state index contributed by atoms with van der Waals surface area (Å²) in [6.07, 6.45) is 0. The maximum atomic E-state index is 11.8. The molecule has 118 valence electrons. The van der Waals surface area contributed by atoms with Gasteiger partial charge in [0.05, 0.1) is 6.54 Å². The van der Waals surface area contributed by atoms with Crippen LogP contribution in [0.25, 0.3) is 0 Å². The third-order valence-corrected chi connectivity index (χ3v) is 3.36. The molecule has 3 rings (SSSR count). The average molecular weight is 310 g/mol. The van der Waals surface area contributed by atoms with Gasteiger partial charge in [-0.2, -0.15) is 10.0 Å². The van der Waals surface area contributed by atoms with Crippen LogP contribution in [0.15, 0.2) is 59.6 Å². The van der Waals surface area contributed by atoms with Crippen molar-refractivity contribution in [1.82, 2.24) is 10.6 Å². The molecule has 0 bridgehead atoms. The Morgan fingerprint density at radius 2 is 1.96 bits per heavy atom. The van der Waals surface area contributed by atoms with Gasteiger partial charge in [0.25, 0.3) is 0 Å². The number of urea groups is 1. The van der Waals surface area contributed by atoms with E-state index in [1.807, 2.05) is 23.2 Å². The molecule has 6 nitrogen and oxygen atoms in total. The summed E-state index contributed by atoms with van der Waals surface area (Å²) in [4.78, 5) is 21.0. The molecule has 0 atom stereocenters. The van der Waals surface area contributed by atoms with Gasteiger partial charge in [0.1, 0.15) is 0 Å². The van der Waals surface area contributed by atoms with Crippen molar-refractivity contribution in [2.24, 2.45) is 4.99 Å². The number of carbonyl (C=O) groups excluding carboxylic acids is 1. The van der Waals surface area contributed by atoms with Crippen LogP contribution in [0, 0.1) is 6.92 Å². The number of hydrazine groups is 1. The Kier molecular flexibility index (Phi) is 4.65. The zero-order valence-electron chi connectivity index (χ0n) is 12.8. The van der Waals surface area contributed by atoms with Crippen molar-refractivity contribution in [3.05, 3.63) is 65.7 Å². The van der Waals surface area contributed by atoms with E-state index in [2.05, 4.69) is 47.1 Å². The second kappa shape index (κ2) is 7.04. The van der Waals surface area contributed by atoms with Gasteiger partial charge in [-0.05, 0) is 24.6 Å². The van der Waals surface area contributed by atoms with Gasteiger partial charge in [0, 0.05) is 12.2 Å². The molecular formula is C17H18N4O2. The summed E-state index contributed by atoms with van der Waals surface area (Å²) in [7, 11) is 0. The molecule has 23 heavy (non-hydrogen) atoms. The first kappa shape index (κ1) is 15.2. The molecule has 0 aliphatic carbocycles. The van der Waals surface area contributed by atoms with Gasteiger partial charge in [-0.3, -0.25) is 0 Å². The van der Waals surface area contributed by atoms with E-state index in [-0.39, 0.29) is 0 Å². The smallest absolute Gasteiger partial charge is 0.348 e. The Balaban J connectivity index is 1.54. The van der Waals surface area contributed by atoms with E-state index in [1.54, 1.807) is 12.1 Å². The summed E-state index contributed by atoms with van der Waals surface area (Å²) in [5.74, 6) is 0.338. The number of anilines is 1. The van der Waals surface area contributed by atoms with Crippen LogP contribution in [0.5, 0.6) is 0 Å². The molecule has 1 saturated heterocycles. The first-order chi connectivity index (χ1) is 11.2. The molecule has 2 N–H and O–H groups in total. The van der Waals surface area contributed by atoms with Crippen LogP contribution in [-0.2, 0) is 11.4 Å². The minimum Gasteiger partial charge on any atom is -0.376 e. The predicted octanol–water partition coefficient (Wildman–Crippen LogP) is 2.88. The van der Waals surface area contributed by atoms with Crippen LogP contribution in [0.2, 0.25) is 0 Å². The molecule has 2 amide bonds. The third kappa shape index (κ3) is 4.38. The number of rotatable bonds is 3. The molecule has 6 heteroatoms. The first-order valence-electron chi connectivity index (χ1n) is 7.35. The van der Waals surface area contributed by atoms with Crippen molar-refractivity contribution < 1.29 is 9.63 Å². The average Bonchev–Trinajstić information content (AvgIpc) is 2.97.